The Labute approximate surface area is 166 Å². The molecule has 0 aliphatic heterocycles. The molecule has 1 aromatic rings. The van der Waals surface area contributed by atoms with Crippen molar-refractivity contribution < 1.29 is 13.5 Å². The minimum atomic E-state index is -3.77. The number of nitrogens with one attached hydrogen (secondary N) is 1. The van der Waals surface area contributed by atoms with Crippen molar-refractivity contribution in [2.45, 2.75) is 72.3 Å². The van der Waals surface area contributed by atoms with E-state index >= 15 is 0 Å². The molecule has 0 saturated carbocycles. The van der Waals surface area contributed by atoms with Gasteiger partial charge in [0.1, 0.15) is 0 Å². The predicted octanol–water partition coefficient (Wildman–Crippen LogP) is 4.04. The van der Waals surface area contributed by atoms with Crippen molar-refractivity contribution in [1.82, 2.24) is 4.90 Å². The molecule has 0 aromatic heterocycles. The third-order valence-corrected chi connectivity index (χ3v) is 4.53. The third-order valence-electron chi connectivity index (χ3n) is 4.01. The van der Waals surface area contributed by atoms with Crippen LogP contribution in [0.2, 0.25) is 0 Å². The van der Waals surface area contributed by atoms with Crippen LogP contribution < -0.4 is 9.86 Å². The van der Waals surface area contributed by atoms with Crippen LogP contribution in [0.25, 0.3) is 0 Å². The number of hydrogen-bond donors (Lipinski definition) is 3. The monoisotopic (exact) mass is 401 g/mol. The van der Waals surface area contributed by atoms with Crippen LogP contribution in [0.15, 0.2) is 24.3 Å². The minimum absolute atomic E-state index is 0.386. The van der Waals surface area contributed by atoms with Gasteiger partial charge in [0, 0.05) is 12.2 Å². The van der Waals surface area contributed by atoms with Gasteiger partial charge in [-0.1, -0.05) is 71.9 Å². The quantitative estimate of drug-likeness (QED) is 0.461. The number of aliphatic hydroxyl groups is 1. The van der Waals surface area contributed by atoms with Gasteiger partial charge in [0.15, 0.2) is 0 Å². The van der Waals surface area contributed by atoms with Crippen molar-refractivity contribution in [3.63, 3.8) is 0 Å². The van der Waals surface area contributed by atoms with Gasteiger partial charge in [-0.25, -0.2) is 5.14 Å². The van der Waals surface area contributed by atoms with Gasteiger partial charge in [-0.05, 0) is 37.2 Å². The van der Waals surface area contributed by atoms with Crippen molar-refractivity contribution in [1.29, 1.82) is 0 Å². The summed E-state index contributed by atoms with van der Waals surface area (Å²) in [5.41, 5.74) is 1.15. The molecule has 0 amide bonds. The van der Waals surface area contributed by atoms with Gasteiger partial charge in [0.25, 0.3) is 10.2 Å². The Morgan fingerprint density at radius 1 is 1.04 bits per heavy atom. The highest BCUT2D eigenvalue weighted by Crippen LogP contribution is 2.18. The van der Waals surface area contributed by atoms with Crippen LogP contribution in [0.1, 0.15) is 77.9 Å². The van der Waals surface area contributed by atoms with Crippen molar-refractivity contribution in [3.05, 3.63) is 29.8 Å². The molecule has 0 bridgehead atoms. The molecule has 27 heavy (non-hydrogen) atoms. The van der Waals surface area contributed by atoms with E-state index in [1.54, 1.807) is 24.3 Å². The standard InChI is InChI=1S/C17H31N3O3S.C3H8/c1-3-5-6-7-8-13-20(4-2)14-17(21)15-9-11-16(12-10-15)19-24(18,22)23;1-3-2/h9-12,17,19,21H,3-8,13-14H2,1-2H3,(H2,18,22,23);3H2,1-2H3. The summed E-state index contributed by atoms with van der Waals surface area (Å²) in [6, 6.07) is 6.63. The number of aliphatic hydroxyl groups excluding tert-OH is 1. The topological polar surface area (TPSA) is 95.7 Å². The lowest BCUT2D eigenvalue weighted by atomic mass is 10.1. The molecule has 1 atom stereocenters. The molecular formula is C20H39N3O3S. The smallest absolute Gasteiger partial charge is 0.296 e. The third kappa shape index (κ3) is 13.6. The van der Waals surface area contributed by atoms with Crippen molar-refractivity contribution >= 4 is 15.9 Å². The van der Waals surface area contributed by atoms with Gasteiger partial charge in [0.2, 0.25) is 0 Å². The summed E-state index contributed by atoms with van der Waals surface area (Å²) in [7, 11) is -3.77. The molecule has 158 valence electrons. The molecule has 0 aliphatic carbocycles. The Hall–Kier alpha value is -1.15. The number of likely N-dealkylation sites (N-methyl/N-ethyl adjacent to an activating group) is 1. The van der Waals surface area contributed by atoms with Crippen LogP contribution in [0.3, 0.4) is 0 Å². The zero-order valence-corrected chi connectivity index (χ0v) is 18.3. The highest BCUT2D eigenvalue weighted by Gasteiger charge is 2.12. The number of rotatable bonds is 12. The van der Waals surface area contributed by atoms with Crippen LogP contribution in [-0.2, 0) is 10.2 Å². The van der Waals surface area contributed by atoms with Gasteiger partial charge < -0.3 is 10.0 Å². The summed E-state index contributed by atoms with van der Waals surface area (Å²) in [5, 5.41) is 15.3. The van der Waals surface area contributed by atoms with E-state index in [0.29, 0.717) is 12.2 Å². The zero-order chi connectivity index (χ0) is 20.7. The Morgan fingerprint density at radius 2 is 1.59 bits per heavy atom. The highest BCUT2D eigenvalue weighted by molar-refractivity contribution is 7.90. The molecule has 0 spiro atoms. The van der Waals surface area contributed by atoms with Crippen molar-refractivity contribution in [2.75, 3.05) is 24.4 Å². The van der Waals surface area contributed by atoms with Crippen LogP contribution >= 0.6 is 0 Å². The number of hydrogen-bond acceptors (Lipinski definition) is 4. The molecular weight excluding hydrogens is 362 g/mol. The number of benzene rings is 1. The maximum atomic E-state index is 11.0. The molecule has 1 unspecified atom stereocenters. The second kappa shape index (κ2) is 14.9. The average Bonchev–Trinajstić information content (AvgIpc) is 2.60. The Balaban J connectivity index is 0.00000210. The Kier molecular flexibility index (Phi) is 14.2. The van der Waals surface area contributed by atoms with Crippen molar-refractivity contribution in [3.8, 4) is 0 Å². The first-order chi connectivity index (χ1) is 12.8. The Morgan fingerprint density at radius 3 is 2.07 bits per heavy atom. The van der Waals surface area contributed by atoms with Crippen molar-refractivity contribution in [2.24, 2.45) is 5.14 Å². The van der Waals surface area contributed by atoms with E-state index in [9.17, 15) is 13.5 Å². The molecule has 7 heteroatoms. The fraction of sp³-hybridized carbons (Fsp3) is 0.700. The highest BCUT2D eigenvalue weighted by atomic mass is 32.2. The maximum absolute atomic E-state index is 11.0. The van der Waals surface area contributed by atoms with E-state index in [1.807, 2.05) is 0 Å². The number of nitrogens with two attached hydrogens (primary N) is 1. The summed E-state index contributed by atoms with van der Waals surface area (Å²) < 4.78 is 24.2. The second-order valence-corrected chi connectivity index (χ2v) is 8.09. The van der Waals surface area contributed by atoms with E-state index in [2.05, 4.69) is 37.3 Å². The maximum Gasteiger partial charge on any atom is 0.296 e. The lowest BCUT2D eigenvalue weighted by Crippen LogP contribution is -2.29. The first-order valence-corrected chi connectivity index (χ1v) is 11.6. The van der Waals surface area contributed by atoms with Gasteiger partial charge in [0.05, 0.1) is 6.10 Å². The second-order valence-electron chi connectivity index (χ2n) is 6.80. The predicted molar refractivity (Wildman–Crippen MR) is 115 cm³/mol. The minimum Gasteiger partial charge on any atom is -0.387 e. The number of nitrogens with zero attached hydrogens (tertiary/aromatic N) is 1. The molecule has 4 N–H and O–H groups in total. The molecule has 0 saturated heterocycles. The fourth-order valence-electron chi connectivity index (χ4n) is 2.61. The molecule has 6 nitrogen and oxygen atoms in total. The van der Waals surface area contributed by atoms with E-state index in [4.69, 9.17) is 5.14 Å². The summed E-state index contributed by atoms with van der Waals surface area (Å²) in [6.07, 6.45) is 6.84. The molecule has 0 heterocycles. The van der Waals surface area contributed by atoms with E-state index in [0.717, 1.165) is 25.1 Å². The lowest BCUT2D eigenvalue weighted by molar-refractivity contribution is 0.115. The van der Waals surface area contributed by atoms with E-state index in [-0.39, 0.29) is 0 Å². The van der Waals surface area contributed by atoms with Gasteiger partial charge in [-0.15, -0.1) is 0 Å². The van der Waals surface area contributed by atoms with E-state index < -0.39 is 16.3 Å². The van der Waals surface area contributed by atoms with Crippen LogP contribution in [0.5, 0.6) is 0 Å². The van der Waals surface area contributed by atoms with Crippen LogP contribution in [-0.4, -0.2) is 38.1 Å². The summed E-state index contributed by atoms with van der Waals surface area (Å²) >= 11 is 0. The van der Waals surface area contributed by atoms with Gasteiger partial charge in [-0.2, -0.15) is 8.42 Å². The molecule has 0 fully saturated rings. The summed E-state index contributed by atoms with van der Waals surface area (Å²) in [5.74, 6) is 0. The average molecular weight is 402 g/mol. The van der Waals surface area contributed by atoms with Crippen LogP contribution in [0.4, 0.5) is 5.69 Å². The Bertz CT molecular complexity index is 577. The van der Waals surface area contributed by atoms with Gasteiger partial charge in [-0.3, -0.25) is 4.72 Å². The summed E-state index contributed by atoms with van der Waals surface area (Å²) in [6.45, 7) is 11.0. The summed E-state index contributed by atoms with van der Waals surface area (Å²) in [4.78, 5) is 2.24. The molecule has 1 rings (SSSR count). The SMILES string of the molecule is CCC.CCCCCCCN(CC)CC(O)c1ccc(NS(N)(=O)=O)cc1. The molecule has 1 aromatic carbocycles. The first kappa shape index (κ1) is 25.9. The molecule has 0 aliphatic rings. The molecule has 0 radical (unpaired) electrons. The number of anilines is 1. The normalized spacial score (nSPS) is 12.4. The van der Waals surface area contributed by atoms with Gasteiger partial charge >= 0.3 is 0 Å². The first-order valence-electron chi connectivity index (χ1n) is 10.1. The largest absolute Gasteiger partial charge is 0.387 e. The fourth-order valence-corrected chi connectivity index (χ4v) is 3.07. The van der Waals surface area contributed by atoms with Crippen LogP contribution in [0, 0.1) is 0 Å². The zero-order valence-electron chi connectivity index (χ0n) is 17.4. The van der Waals surface area contributed by atoms with E-state index in [1.165, 1.54) is 32.1 Å². The lowest BCUT2D eigenvalue weighted by Gasteiger charge is -2.24. The number of unbranched alkanes of at least 4 members (excludes halogenated alkanes) is 4.